The Morgan fingerprint density at radius 2 is 1.79 bits per heavy atom. The molecular weight excluding hydrogens is 314 g/mol. The van der Waals surface area contributed by atoms with Crippen LogP contribution in [0.3, 0.4) is 0 Å². The molecule has 0 saturated carbocycles. The van der Waals surface area contributed by atoms with Crippen LogP contribution in [-0.4, -0.2) is 9.97 Å². The number of fused-ring (bicyclic) bond motifs is 1. The van der Waals surface area contributed by atoms with Gasteiger partial charge in [-0.05, 0) is 30.7 Å². The lowest BCUT2D eigenvalue weighted by Gasteiger charge is -2.00. The van der Waals surface area contributed by atoms with Crippen LogP contribution in [0.15, 0.2) is 34.8 Å². The summed E-state index contributed by atoms with van der Waals surface area (Å²) in [5.74, 6) is -1.19. The van der Waals surface area contributed by atoms with Gasteiger partial charge in [0.25, 0.3) is 0 Å². The summed E-state index contributed by atoms with van der Waals surface area (Å²) in [5, 5.41) is 0. The zero-order chi connectivity index (χ0) is 13.6. The fraction of sp³-hybridized carbons (Fsp3) is 0.0714. The number of hydrogen-bond donors (Lipinski definition) is 1. The van der Waals surface area contributed by atoms with Crippen LogP contribution in [0.2, 0.25) is 0 Å². The molecule has 0 atom stereocenters. The van der Waals surface area contributed by atoms with Gasteiger partial charge in [0.05, 0.1) is 11.0 Å². The van der Waals surface area contributed by atoms with E-state index in [0.717, 1.165) is 27.7 Å². The number of aromatic nitrogens is 2. The van der Waals surface area contributed by atoms with Crippen molar-refractivity contribution in [2.24, 2.45) is 0 Å². The Morgan fingerprint density at radius 1 is 1.05 bits per heavy atom. The molecule has 1 aromatic heterocycles. The van der Waals surface area contributed by atoms with Gasteiger partial charge in [0.1, 0.15) is 5.82 Å². The maximum atomic E-state index is 13.2. The maximum absolute atomic E-state index is 13.2. The Kier molecular flexibility index (Phi) is 2.86. The predicted octanol–water partition coefficient (Wildman–Crippen LogP) is 4.58. The lowest BCUT2D eigenvalue weighted by Crippen LogP contribution is -1.82. The van der Waals surface area contributed by atoms with Crippen molar-refractivity contribution in [3.63, 3.8) is 0 Å². The van der Waals surface area contributed by atoms with Gasteiger partial charge in [0.15, 0.2) is 11.6 Å². The number of imidazole rings is 1. The van der Waals surface area contributed by atoms with E-state index in [4.69, 9.17) is 0 Å². The van der Waals surface area contributed by atoms with Crippen molar-refractivity contribution in [2.75, 3.05) is 0 Å². The van der Waals surface area contributed by atoms with Gasteiger partial charge in [0.2, 0.25) is 0 Å². The maximum Gasteiger partial charge on any atom is 0.161 e. The van der Waals surface area contributed by atoms with Crippen LogP contribution in [0.5, 0.6) is 0 Å². The van der Waals surface area contributed by atoms with Crippen molar-refractivity contribution in [3.05, 3.63) is 52.0 Å². The summed E-state index contributed by atoms with van der Waals surface area (Å²) in [5.41, 5.74) is 2.82. The van der Waals surface area contributed by atoms with Crippen LogP contribution < -0.4 is 0 Å². The molecule has 2 nitrogen and oxygen atoms in total. The number of H-pyrrole nitrogens is 1. The van der Waals surface area contributed by atoms with Crippen LogP contribution in [0.4, 0.5) is 8.78 Å². The normalized spacial score (nSPS) is 11.2. The first-order valence-corrected chi connectivity index (χ1v) is 6.44. The number of rotatable bonds is 1. The van der Waals surface area contributed by atoms with Gasteiger partial charge in [-0.1, -0.05) is 15.9 Å². The molecule has 1 heterocycles. The topological polar surface area (TPSA) is 28.7 Å². The number of nitrogens with zero attached hydrogens (tertiary/aromatic N) is 1. The first-order chi connectivity index (χ1) is 9.02. The lowest BCUT2D eigenvalue weighted by molar-refractivity contribution is 0.510. The second-order valence-corrected chi connectivity index (χ2v) is 5.30. The van der Waals surface area contributed by atoms with Gasteiger partial charge in [-0.3, -0.25) is 0 Å². The van der Waals surface area contributed by atoms with E-state index >= 15 is 0 Å². The summed E-state index contributed by atoms with van der Waals surface area (Å²) in [7, 11) is 0. The molecule has 0 bridgehead atoms. The quantitative estimate of drug-likeness (QED) is 0.698. The zero-order valence-electron chi connectivity index (χ0n) is 9.97. The fourth-order valence-corrected chi connectivity index (χ4v) is 2.62. The standard InChI is InChI=1S/C14H9BrF2N2/c1-7-2-8(4-9(15)3-7)14-18-12-5-10(16)11(17)6-13(12)19-14/h2-6H,1H3,(H,18,19). The first-order valence-electron chi connectivity index (χ1n) is 5.65. The Morgan fingerprint density at radius 3 is 2.53 bits per heavy atom. The smallest absolute Gasteiger partial charge is 0.161 e. The Hall–Kier alpha value is -1.75. The molecule has 0 radical (unpaired) electrons. The molecule has 3 aromatic rings. The van der Waals surface area contributed by atoms with Gasteiger partial charge < -0.3 is 4.98 Å². The van der Waals surface area contributed by atoms with Crippen molar-refractivity contribution in [1.29, 1.82) is 0 Å². The highest BCUT2D eigenvalue weighted by molar-refractivity contribution is 9.10. The molecule has 1 N–H and O–H groups in total. The van der Waals surface area contributed by atoms with Crippen molar-refractivity contribution < 1.29 is 8.78 Å². The van der Waals surface area contributed by atoms with E-state index in [1.807, 2.05) is 25.1 Å². The molecule has 0 spiro atoms. The highest BCUT2D eigenvalue weighted by Crippen LogP contribution is 2.25. The molecule has 0 fully saturated rings. The van der Waals surface area contributed by atoms with Gasteiger partial charge >= 0.3 is 0 Å². The van der Waals surface area contributed by atoms with E-state index in [-0.39, 0.29) is 0 Å². The Balaban J connectivity index is 2.20. The van der Waals surface area contributed by atoms with E-state index < -0.39 is 11.6 Å². The summed E-state index contributed by atoms with van der Waals surface area (Å²) >= 11 is 3.42. The first kappa shape index (κ1) is 12.3. The molecule has 0 unspecified atom stereocenters. The average molecular weight is 323 g/mol. The fourth-order valence-electron chi connectivity index (χ4n) is 2.01. The van der Waals surface area contributed by atoms with Crippen molar-refractivity contribution in [3.8, 4) is 11.4 Å². The van der Waals surface area contributed by atoms with Crippen molar-refractivity contribution >= 4 is 27.0 Å². The second-order valence-electron chi connectivity index (χ2n) is 4.39. The molecule has 5 heteroatoms. The van der Waals surface area contributed by atoms with Gasteiger partial charge in [-0.25, -0.2) is 13.8 Å². The largest absolute Gasteiger partial charge is 0.338 e. The minimum Gasteiger partial charge on any atom is -0.338 e. The second kappa shape index (κ2) is 4.42. The van der Waals surface area contributed by atoms with Crippen LogP contribution in [0.1, 0.15) is 5.56 Å². The molecular formula is C14H9BrF2N2. The summed E-state index contributed by atoms with van der Waals surface area (Å²) < 4.78 is 27.2. The highest BCUT2D eigenvalue weighted by atomic mass is 79.9. The summed E-state index contributed by atoms with van der Waals surface area (Å²) in [4.78, 5) is 7.28. The number of nitrogens with one attached hydrogen (secondary N) is 1. The summed E-state index contributed by atoms with van der Waals surface area (Å²) in [6.07, 6.45) is 0. The Bertz CT molecular complexity index is 721. The third-order valence-corrected chi connectivity index (χ3v) is 3.30. The molecule has 0 aliphatic carbocycles. The van der Waals surface area contributed by atoms with Crippen LogP contribution in [-0.2, 0) is 0 Å². The minimum absolute atomic E-state index is 0.409. The van der Waals surface area contributed by atoms with Gasteiger partial charge in [-0.2, -0.15) is 0 Å². The molecule has 19 heavy (non-hydrogen) atoms. The SMILES string of the molecule is Cc1cc(Br)cc(-c2nc3cc(F)c(F)cc3[nH]2)c1. The summed E-state index contributed by atoms with van der Waals surface area (Å²) in [6.45, 7) is 1.97. The molecule has 0 aliphatic rings. The average Bonchev–Trinajstić information content (AvgIpc) is 2.71. The van der Waals surface area contributed by atoms with E-state index in [1.165, 1.54) is 0 Å². The van der Waals surface area contributed by atoms with Crippen molar-refractivity contribution in [2.45, 2.75) is 6.92 Å². The summed E-state index contributed by atoms with van der Waals surface area (Å²) in [6, 6.07) is 8.04. The highest BCUT2D eigenvalue weighted by Gasteiger charge is 2.10. The molecule has 2 aromatic carbocycles. The van der Waals surface area contributed by atoms with Gasteiger partial charge in [0, 0.05) is 22.2 Å². The van der Waals surface area contributed by atoms with Crippen LogP contribution in [0, 0.1) is 18.6 Å². The lowest BCUT2D eigenvalue weighted by atomic mass is 10.1. The van der Waals surface area contributed by atoms with E-state index in [0.29, 0.717) is 16.9 Å². The Labute approximate surface area is 116 Å². The molecule has 0 amide bonds. The van der Waals surface area contributed by atoms with Crippen LogP contribution >= 0.6 is 15.9 Å². The number of aryl methyl sites for hydroxylation is 1. The van der Waals surface area contributed by atoms with E-state index in [9.17, 15) is 8.78 Å². The third kappa shape index (κ3) is 2.26. The molecule has 3 rings (SSSR count). The van der Waals surface area contributed by atoms with E-state index in [1.54, 1.807) is 0 Å². The zero-order valence-corrected chi connectivity index (χ0v) is 11.6. The number of aromatic amines is 1. The monoisotopic (exact) mass is 322 g/mol. The number of hydrogen-bond acceptors (Lipinski definition) is 1. The third-order valence-electron chi connectivity index (χ3n) is 2.84. The predicted molar refractivity (Wildman–Crippen MR) is 73.9 cm³/mol. The molecule has 0 aliphatic heterocycles. The van der Waals surface area contributed by atoms with E-state index in [2.05, 4.69) is 25.9 Å². The number of halogens is 3. The van der Waals surface area contributed by atoms with Crippen LogP contribution in [0.25, 0.3) is 22.4 Å². The van der Waals surface area contributed by atoms with Gasteiger partial charge in [-0.15, -0.1) is 0 Å². The van der Waals surface area contributed by atoms with Crippen molar-refractivity contribution in [1.82, 2.24) is 9.97 Å². The minimum atomic E-state index is -0.893. The molecule has 96 valence electrons. The number of benzene rings is 2. The molecule has 0 saturated heterocycles.